The Kier molecular flexibility index (Phi) is 3.69. The molecular formula is C14H18F2O2. The van der Waals surface area contributed by atoms with E-state index < -0.39 is 17.0 Å². The average molecular weight is 256 g/mol. The first-order chi connectivity index (χ1) is 8.51. The largest absolute Gasteiger partial charge is 0.396 e. The van der Waals surface area contributed by atoms with Crippen LogP contribution in [0.1, 0.15) is 19.4 Å². The molecule has 1 N–H and O–H groups in total. The van der Waals surface area contributed by atoms with E-state index in [1.807, 2.05) is 13.8 Å². The van der Waals surface area contributed by atoms with Gasteiger partial charge >= 0.3 is 0 Å². The van der Waals surface area contributed by atoms with Gasteiger partial charge in [0, 0.05) is 12.2 Å². The normalized spacial score (nSPS) is 19.7. The van der Waals surface area contributed by atoms with Crippen LogP contribution in [0.2, 0.25) is 0 Å². The molecule has 0 saturated carbocycles. The molecule has 1 aromatic carbocycles. The van der Waals surface area contributed by atoms with Crippen molar-refractivity contribution in [2.45, 2.75) is 19.3 Å². The van der Waals surface area contributed by atoms with Gasteiger partial charge in [-0.25, -0.2) is 8.78 Å². The molecule has 0 aliphatic carbocycles. The summed E-state index contributed by atoms with van der Waals surface area (Å²) in [6.45, 7) is 4.54. The van der Waals surface area contributed by atoms with Gasteiger partial charge in [-0.1, -0.05) is 13.8 Å². The van der Waals surface area contributed by atoms with Crippen molar-refractivity contribution in [3.8, 4) is 0 Å². The summed E-state index contributed by atoms with van der Waals surface area (Å²) in [6, 6.07) is 3.47. The standard InChI is InChI=1S/C14H18F2O2/c1-9(2)12(6-17)14(7-18-8-14)11-5-10(15)3-4-13(11)16/h3-5,9,12,17H,6-8H2,1-2H3. The molecule has 0 amide bonds. The molecule has 1 atom stereocenters. The maximum Gasteiger partial charge on any atom is 0.127 e. The van der Waals surface area contributed by atoms with Crippen LogP contribution in [0.4, 0.5) is 8.78 Å². The Morgan fingerprint density at radius 2 is 2.00 bits per heavy atom. The van der Waals surface area contributed by atoms with Crippen LogP contribution < -0.4 is 0 Å². The number of hydrogen-bond donors (Lipinski definition) is 1. The summed E-state index contributed by atoms with van der Waals surface area (Å²) >= 11 is 0. The van der Waals surface area contributed by atoms with Crippen LogP contribution in [0.3, 0.4) is 0 Å². The summed E-state index contributed by atoms with van der Waals surface area (Å²) < 4.78 is 32.5. The van der Waals surface area contributed by atoms with Gasteiger partial charge in [-0.15, -0.1) is 0 Å². The molecule has 1 saturated heterocycles. The van der Waals surface area contributed by atoms with Crippen molar-refractivity contribution in [2.75, 3.05) is 19.8 Å². The van der Waals surface area contributed by atoms with Gasteiger partial charge in [0.25, 0.3) is 0 Å². The number of benzene rings is 1. The lowest BCUT2D eigenvalue weighted by molar-refractivity contribution is -0.112. The minimum atomic E-state index is -0.602. The summed E-state index contributed by atoms with van der Waals surface area (Å²) in [7, 11) is 0. The fraction of sp³-hybridized carbons (Fsp3) is 0.571. The van der Waals surface area contributed by atoms with Crippen molar-refractivity contribution in [2.24, 2.45) is 11.8 Å². The van der Waals surface area contributed by atoms with Crippen LogP contribution in [-0.2, 0) is 10.2 Å². The van der Waals surface area contributed by atoms with Gasteiger partial charge in [0.05, 0.1) is 18.6 Å². The lowest BCUT2D eigenvalue weighted by Crippen LogP contribution is -2.55. The van der Waals surface area contributed by atoms with Gasteiger partial charge in [-0.2, -0.15) is 0 Å². The zero-order valence-corrected chi connectivity index (χ0v) is 10.6. The molecule has 1 heterocycles. The summed E-state index contributed by atoms with van der Waals surface area (Å²) in [5.41, 5.74) is -0.281. The first-order valence-electron chi connectivity index (χ1n) is 6.15. The van der Waals surface area contributed by atoms with Crippen LogP contribution in [0, 0.1) is 23.5 Å². The van der Waals surface area contributed by atoms with Gasteiger partial charge in [-0.3, -0.25) is 0 Å². The SMILES string of the molecule is CC(C)C(CO)C1(c2cc(F)ccc2F)COC1. The average Bonchev–Trinajstić information content (AvgIpc) is 2.26. The van der Waals surface area contributed by atoms with E-state index >= 15 is 0 Å². The van der Waals surface area contributed by atoms with Crippen molar-refractivity contribution in [1.82, 2.24) is 0 Å². The number of ether oxygens (including phenoxy) is 1. The second-order valence-corrected chi connectivity index (χ2v) is 5.31. The van der Waals surface area contributed by atoms with Crippen LogP contribution in [0.25, 0.3) is 0 Å². The summed E-state index contributed by atoms with van der Waals surface area (Å²) in [4.78, 5) is 0. The van der Waals surface area contributed by atoms with Gasteiger partial charge < -0.3 is 9.84 Å². The molecule has 0 radical (unpaired) electrons. The highest BCUT2D eigenvalue weighted by atomic mass is 19.1. The predicted molar refractivity (Wildman–Crippen MR) is 64.3 cm³/mol. The topological polar surface area (TPSA) is 29.5 Å². The maximum absolute atomic E-state index is 13.9. The number of rotatable bonds is 4. The van der Waals surface area contributed by atoms with E-state index in [0.717, 1.165) is 12.1 Å². The van der Waals surface area contributed by atoms with E-state index in [-0.39, 0.29) is 18.4 Å². The molecule has 0 aromatic heterocycles. The van der Waals surface area contributed by atoms with E-state index in [0.29, 0.717) is 18.8 Å². The molecule has 1 aliphatic heterocycles. The summed E-state index contributed by atoms with van der Waals surface area (Å²) in [5, 5.41) is 9.55. The maximum atomic E-state index is 13.9. The van der Waals surface area contributed by atoms with Gasteiger partial charge in [-0.05, 0) is 30.0 Å². The van der Waals surface area contributed by atoms with Crippen molar-refractivity contribution in [3.05, 3.63) is 35.4 Å². The molecule has 18 heavy (non-hydrogen) atoms. The zero-order chi connectivity index (χ0) is 13.3. The Bertz CT molecular complexity index is 428. The molecule has 2 nitrogen and oxygen atoms in total. The van der Waals surface area contributed by atoms with E-state index in [1.165, 1.54) is 6.07 Å². The van der Waals surface area contributed by atoms with Crippen molar-refractivity contribution in [3.63, 3.8) is 0 Å². The lowest BCUT2D eigenvalue weighted by Gasteiger charge is -2.48. The van der Waals surface area contributed by atoms with Crippen LogP contribution in [-0.4, -0.2) is 24.9 Å². The fourth-order valence-electron chi connectivity index (χ4n) is 2.79. The Morgan fingerprint density at radius 1 is 1.33 bits per heavy atom. The quantitative estimate of drug-likeness (QED) is 0.897. The van der Waals surface area contributed by atoms with Gasteiger partial charge in [0.1, 0.15) is 11.6 Å². The van der Waals surface area contributed by atoms with E-state index in [1.54, 1.807) is 0 Å². The van der Waals surface area contributed by atoms with Gasteiger partial charge in [0.15, 0.2) is 0 Å². The second kappa shape index (κ2) is 4.94. The smallest absolute Gasteiger partial charge is 0.127 e. The summed E-state index contributed by atoms with van der Waals surface area (Å²) in [5.74, 6) is -0.860. The highest BCUT2D eigenvalue weighted by molar-refractivity contribution is 5.31. The first kappa shape index (κ1) is 13.4. The van der Waals surface area contributed by atoms with Crippen LogP contribution >= 0.6 is 0 Å². The van der Waals surface area contributed by atoms with E-state index in [2.05, 4.69) is 0 Å². The Balaban J connectivity index is 2.46. The highest BCUT2D eigenvalue weighted by Gasteiger charge is 2.49. The van der Waals surface area contributed by atoms with Gasteiger partial charge in [0.2, 0.25) is 0 Å². The zero-order valence-electron chi connectivity index (χ0n) is 10.6. The minimum Gasteiger partial charge on any atom is -0.396 e. The third kappa shape index (κ3) is 2.04. The Hall–Kier alpha value is -1.00. The molecule has 4 heteroatoms. The third-order valence-electron chi connectivity index (χ3n) is 3.90. The Labute approximate surface area is 106 Å². The highest BCUT2D eigenvalue weighted by Crippen LogP contribution is 2.43. The number of halogens is 2. The summed E-state index contributed by atoms with van der Waals surface area (Å²) in [6.07, 6.45) is 0. The molecule has 100 valence electrons. The third-order valence-corrected chi connectivity index (χ3v) is 3.90. The lowest BCUT2D eigenvalue weighted by atomic mass is 9.65. The number of hydrogen-bond acceptors (Lipinski definition) is 2. The van der Waals surface area contributed by atoms with Crippen molar-refractivity contribution in [1.29, 1.82) is 0 Å². The number of aliphatic hydroxyl groups excluding tert-OH is 1. The molecule has 1 unspecified atom stereocenters. The fourth-order valence-corrected chi connectivity index (χ4v) is 2.79. The molecule has 1 aromatic rings. The molecule has 0 spiro atoms. The van der Waals surface area contributed by atoms with E-state index in [4.69, 9.17) is 4.74 Å². The van der Waals surface area contributed by atoms with Crippen molar-refractivity contribution < 1.29 is 18.6 Å². The molecule has 0 bridgehead atoms. The Morgan fingerprint density at radius 3 is 2.44 bits per heavy atom. The van der Waals surface area contributed by atoms with Crippen molar-refractivity contribution >= 4 is 0 Å². The number of aliphatic hydroxyl groups is 1. The predicted octanol–water partition coefficient (Wildman–Crippen LogP) is 2.50. The van der Waals surface area contributed by atoms with Crippen LogP contribution in [0.15, 0.2) is 18.2 Å². The second-order valence-electron chi connectivity index (χ2n) is 5.31. The van der Waals surface area contributed by atoms with E-state index in [9.17, 15) is 13.9 Å². The monoisotopic (exact) mass is 256 g/mol. The molecule has 1 aliphatic rings. The molecular weight excluding hydrogens is 238 g/mol. The molecule has 1 fully saturated rings. The minimum absolute atomic E-state index is 0.0586. The molecule has 2 rings (SSSR count). The van der Waals surface area contributed by atoms with Crippen LogP contribution in [0.5, 0.6) is 0 Å². The first-order valence-corrected chi connectivity index (χ1v) is 6.15.